The van der Waals surface area contributed by atoms with Gasteiger partial charge < -0.3 is 15.4 Å². The summed E-state index contributed by atoms with van der Waals surface area (Å²) in [6.45, 7) is 5.63. The fourth-order valence-corrected chi connectivity index (χ4v) is 2.12. The van der Waals surface area contributed by atoms with E-state index in [2.05, 4.69) is 25.3 Å². The molecule has 2 N–H and O–H groups in total. The lowest BCUT2D eigenvalue weighted by atomic mass is 10.1. The van der Waals surface area contributed by atoms with E-state index in [-0.39, 0.29) is 17.1 Å². The van der Waals surface area contributed by atoms with E-state index < -0.39 is 5.97 Å². The van der Waals surface area contributed by atoms with Gasteiger partial charge in [0.2, 0.25) is 0 Å². The van der Waals surface area contributed by atoms with E-state index in [9.17, 15) is 9.59 Å². The number of aromatic nitrogens is 2. The Bertz CT molecular complexity index is 803. The van der Waals surface area contributed by atoms with Crippen LogP contribution in [0.2, 0.25) is 5.02 Å². The lowest BCUT2D eigenvalue weighted by Gasteiger charge is -2.20. The zero-order valence-corrected chi connectivity index (χ0v) is 15.1. The number of carbonyl (C=O) groups is 2. The van der Waals surface area contributed by atoms with Crippen LogP contribution in [0.5, 0.6) is 0 Å². The lowest BCUT2D eigenvalue weighted by molar-refractivity contribution is 0.0600. The molecular formula is C17H19ClN4O3. The van der Waals surface area contributed by atoms with Crippen molar-refractivity contribution < 1.29 is 14.3 Å². The molecule has 1 amide bonds. The Kier molecular flexibility index (Phi) is 5.58. The molecule has 0 fully saturated rings. The average Bonchev–Trinajstić information content (AvgIpc) is 2.55. The first-order valence-electron chi connectivity index (χ1n) is 7.49. The number of anilines is 2. The van der Waals surface area contributed by atoms with Crippen LogP contribution in [-0.2, 0) is 4.74 Å². The second-order valence-electron chi connectivity index (χ2n) is 6.30. The zero-order valence-electron chi connectivity index (χ0n) is 14.4. The van der Waals surface area contributed by atoms with Crippen LogP contribution in [0.4, 0.5) is 11.5 Å². The summed E-state index contributed by atoms with van der Waals surface area (Å²) in [5.74, 6) is -0.419. The summed E-state index contributed by atoms with van der Waals surface area (Å²) in [6, 6.07) is 6.18. The maximum absolute atomic E-state index is 12.2. The molecule has 0 saturated carbocycles. The normalized spacial score (nSPS) is 10.9. The summed E-state index contributed by atoms with van der Waals surface area (Å²) in [5, 5.41) is 6.20. The number of rotatable bonds is 4. The van der Waals surface area contributed by atoms with Crippen molar-refractivity contribution in [2.45, 2.75) is 26.3 Å². The van der Waals surface area contributed by atoms with E-state index in [1.165, 1.54) is 19.5 Å². The second kappa shape index (κ2) is 7.48. The van der Waals surface area contributed by atoms with Gasteiger partial charge in [0, 0.05) is 11.6 Å². The molecule has 1 heterocycles. The van der Waals surface area contributed by atoms with Crippen LogP contribution in [0.1, 0.15) is 41.6 Å². The number of esters is 1. The van der Waals surface area contributed by atoms with Crippen LogP contribution >= 0.6 is 11.6 Å². The highest BCUT2D eigenvalue weighted by molar-refractivity contribution is 6.33. The van der Waals surface area contributed by atoms with Crippen molar-refractivity contribution in [1.29, 1.82) is 0 Å². The Hall–Kier alpha value is -2.67. The van der Waals surface area contributed by atoms with Crippen molar-refractivity contribution in [1.82, 2.24) is 15.3 Å². The largest absolute Gasteiger partial charge is 0.465 e. The van der Waals surface area contributed by atoms with E-state index in [4.69, 9.17) is 11.6 Å². The van der Waals surface area contributed by atoms with Crippen molar-refractivity contribution in [2.75, 3.05) is 12.4 Å². The van der Waals surface area contributed by atoms with Gasteiger partial charge >= 0.3 is 5.97 Å². The van der Waals surface area contributed by atoms with Gasteiger partial charge in [0.25, 0.3) is 5.91 Å². The molecule has 1 aromatic carbocycles. The fourth-order valence-electron chi connectivity index (χ4n) is 1.96. The molecule has 0 saturated heterocycles. The van der Waals surface area contributed by atoms with Gasteiger partial charge in [-0.1, -0.05) is 11.6 Å². The summed E-state index contributed by atoms with van der Waals surface area (Å²) in [7, 11) is 1.30. The molecule has 0 bridgehead atoms. The number of nitrogens with one attached hydrogen (secondary N) is 2. The van der Waals surface area contributed by atoms with E-state index >= 15 is 0 Å². The van der Waals surface area contributed by atoms with Gasteiger partial charge in [-0.25, -0.2) is 14.8 Å². The fraction of sp³-hybridized carbons (Fsp3) is 0.294. The third-order valence-corrected chi connectivity index (χ3v) is 3.37. The van der Waals surface area contributed by atoms with Gasteiger partial charge in [-0.3, -0.25) is 4.79 Å². The number of halogens is 1. The summed E-state index contributed by atoms with van der Waals surface area (Å²) in [4.78, 5) is 31.9. The van der Waals surface area contributed by atoms with Crippen molar-refractivity contribution in [3.8, 4) is 0 Å². The number of hydrogen-bond acceptors (Lipinski definition) is 6. The van der Waals surface area contributed by atoms with Crippen molar-refractivity contribution in [3.05, 3.63) is 46.9 Å². The van der Waals surface area contributed by atoms with E-state index in [0.717, 1.165) is 0 Å². The maximum Gasteiger partial charge on any atom is 0.337 e. The highest BCUT2D eigenvalue weighted by atomic mass is 35.5. The summed E-state index contributed by atoms with van der Waals surface area (Å²) >= 11 is 6.15. The summed E-state index contributed by atoms with van der Waals surface area (Å²) in [6.07, 6.45) is 1.28. The zero-order chi connectivity index (χ0) is 18.6. The summed E-state index contributed by atoms with van der Waals surface area (Å²) in [5.41, 5.74) is 0.639. The second-order valence-corrected chi connectivity index (χ2v) is 6.71. The number of methoxy groups -OCH3 is 1. The minimum Gasteiger partial charge on any atom is -0.465 e. The Balaban J connectivity index is 2.25. The minimum atomic E-state index is -0.479. The first-order valence-corrected chi connectivity index (χ1v) is 7.87. The molecule has 25 heavy (non-hydrogen) atoms. The number of carbonyl (C=O) groups excluding carboxylic acids is 2. The molecule has 0 unspecified atom stereocenters. The van der Waals surface area contributed by atoms with E-state index in [1.54, 1.807) is 18.2 Å². The molecule has 0 atom stereocenters. The van der Waals surface area contributed by atoms with Crippen LogP contribution < -0.4 is 10.6 Å². The van der Waals surface area contributed by atoms with Gasteiger partial charge in [0.15, 0.2) is 0 Å². The first kappa shape index (κ1) is 18.7. The highest BCUT2D eigenvalue weighted by Gasteiger charge is 2.17. The Morgan fingerprint density at radius 1 is 1.16 bits per heavy atom. The lowest BCUT2D eigenvalue weighted by Crippen LogP contribution is -2.40. The number of benzene rings is 1. The van der Waals surface area contributed by atoms with Gasteiger partial charge in [-0.05, 0) is 39.0 Å². The smallest absolute Gasteiger partial charge is 0.337 e. The molecule has 0 aliphatic carbocycles. The third-order valence-electron chi connectivity index (χ3n) is 3.04. The molecule has 132 valence electrons. The summed E-state index contributed by atoms with van der Waals surface area (Å²) < 4.78 is 4.69. The Morgan fingerprint density at radius 3 is 2.52 bits per heavy atom. The van der Waals surface area contributed by atoms with Gasteiger partial charge in [0.1, 0.15) is 17.8 Å². The molecule has 7 nitrogen and oxygen atoms in total. The molecule has 2 aromatic rings. The van der Waals surface area contributed by atoms with Crippen LogP contribution in [-0.4, -0.2) is 34.5 Å². The standard InChI is InChI=1S/C17H19ClN4O3/c1-17(2,3)22-15(23)13-8-14(20-9-19-13)21-12-7-10(16(24)25-4)5-6-11(12)18/h5-9H,1-4H3,(H,22,23)(H,19,20,21). The monoisotopic (exact) mass is 362 g/mol. The number of nitrogens with zero attached hydrogens (tertiary/aromatic N) is 2. The van der Waals surface area contributed by atoms with E-state index in [0.29, 0.717) is 22.1 Å². The van der Waals surface area contributed by atoms with Gasteiger partial charge in [0.05, 0.1) is 23.4 Å². The predicted octanol–water partition coefficient (Wildman–Crippen LogP) is 3.19. The molecule has 0 aliphatic heterocycles. The van der Waals surface area contributed by atoms with Crippen molar-refractivity contribution in [3.63, 3.8) is 0 Å². The molecule has 2 rings (SSSR count). The molecule has 8 heteroatoms. The Morgan fingerprint density at radius 2 is 1.88 bits per heavy atom. The quantitative estimate of drug-likeness (QED) is 0.811. The van der Waals surface area contributed by atoms with Crippen molar-refractivity contribution in [2.24, 2.45) is 0 Å². The topological polar surface area (TPSA) is 93.2 Å². The highest BCUT2D eigenvalue weighted by Crippen LogP contribution is 2.26. The molecule has 0 aliphatic rings. The molecule has 0 spiro atoms. The Labute approximate surface area is 150 Å². The van der Waals surface area contributed by atoms with E-state index in [1.807, 2.05) is 20.8 Å². The van der Waals surface area contributed by atoms with Crippen LogP contribution in [0.15, 0.2) is 30.6 Å². The molecule has 0 radical (unpaired) electrons. The number of hydrogen-bond donors (Lipinski definition) is 2. The van der Waals surface area contributed by atoms with Crippen LogP contribution in [0, 0.1) is 0 Å². The number of ether oxygens (including phenoxy) is 1. The van der Waals surface area contributed by atoms with Gasteiger partial charge in [-0.2, -0.15) is 0 Å². The average molecular weight is 363 g/mol. The molecule has 1 aromatic heterocycles. The van der Waals surface area contributed by atoms with Crippen molar-refractivity contribution >= 4 is 35.0 Å². The maximum atomic E-state index is 12.2. The van der Waals surface area contributed by atoms with Crippen LogP contribution in [0.25, 0.3) is 0 Å². The SMILES string of the molecule is COC(=O)c1ccc(Cl)c(Nc2cc(C(=O)NC(C)(C)C)ncn2)c1. The predicted molar refractivity (Wildman–Crippen MR) is 95.3 cm³/mol. The van der Waals surface area contributed by atoms with Crippen LogP contribution in [0.3, 0.4) is 0 Å². The van der Waals surface area contributed by atoms with Gasteiger partial charge in [-0.15, -0.1) is 0 Å². The minimum absolute atomic E-state index is 0.215. The number of amides is 1. The first-order chi connectivity index (χ1) is 11.7. The molecular weight excluding hydrogens is 344 g/mol. The third kappa shape index (κ3) is 5.15.